The van der Waals surface area contributed by atoms with E-state index in [1.807, 2.05) is 0 Å². The van der Waals surface area contributed by atoms with Gasteiger partial charge in [-0.2, -0.15) is 13.2 Å². The predicted octanol–water partition coefficient (Wildman–Crippen LogP) is 4.64. The fraction of sp³-hybridized carbons (Fsp3) is 0.483. The molecule has 3 atom stereocenters. The molecule has 11 heteroatoms. The molecule has 40 heavy (non-hydrogen) atoms. The van der Waals surface area contributed by atoms with E-state index < -0.39 is 17.6 Å². The summed E-state index contributed by atoms with van der Waals surface area (Å²) < 4.78 is 50.7. The number of nitrogens with one attached hydrogen (secondary N) is 2. The summed E-state index contributed by atoms with van der Waals surface area (Å²) in [6.07, 6.45) is 0.377. The normalized spacial score (nSPS) is 23.4. The lowest BCUT2D eigenvalue weighted by Crippen LogP contribution is -2.55. The number of halogens is 3. The van der Waals surface area contributed by atoms with E-state index in [1.165, 1.54) is 6.07 Å². The first-order valence-electron chi connectivity index (χ1n) is 13.6. The molecule has 2 aromatic carbocycles. The molecule has 3 aliphatic rings. The van der Waals surface area contributed by atoms with Crippen molar-refractivity contribution in [2.75, 3.05) is 25.5 Å². The molecule has 1 saturated heterocycles. The maximum absolute atomic E-state index is 13.4. The highest BCUT2D eigenvalue weighted by atomic mass is 19.4. The van der Waals surface area contributed by atoms with Crippen LogP contribution in [0.5, 0.6) is 5.75 Å². The topological polar surface area (TPSA) is 97.0 Å². The Hall–Kier alpha value is -3.60. The second-order valence-corrected chi connectivity index (χ2v) is 10.6. The summed E-state index contributed by atoms with van der Waals surface area (Å²) in [6, 6.07) is 8.31. The highest BCUT2D eigenvalue weighted by Gasteiger charge is 2.39. The van der Waals surface area contributed by atoms with Crippen LogP contribution in [0, 0.1) is 5.92 Å². The van der Waals surface area contributed by atoms with Crippen molar-refractivity contribution in [3.63, 3.8) is 0 Å². The first kappa shape index (κ1) is 27.9. The number of nitrogens with zero attached hydrogens (tertiary/aromatic N) is 1. The van der Waals surface area contributed by atoms with E-state index in [0.717, 1.165) is 49.9 Å². The average Bonchev–Trinajstić information content (AvgIpc) is 3.49. The van der Waals surface area contributed by atoms with Gasteiger partial charge in [-0.15, -0.1) is 0 Å². The summed E-state index contributed by atoms with van der Waals surface area (Å²) in [4.78, 5) is 40.1. The van der Waals surface area contributed by atoms with E-state index in [0.29, 0.717) is 30.8 Å². The van der Waals surface area contributed by atoms with Crippen LogP contribution in [0.25, 0.3) is 0 Å². The molecular weight excluding hydrogens is 527 g/mol. The quantitative estimate of drug-likeness (QED) is 0.556. The Kier molecular flexibility index (Phi) is 8.02. The molecule has 3 amide bonds. The molecule has 0 bridgehead atoms. The maximum atomic E-state index is 13.4. The van der Waals surface area contributed by atoms with Crippen molar-refractivity contribution in [3.8, 4) is 5.75 Å². The van der Waals surface area contributed by atoms with Gasteiger partial charge < -0.3 is 25.0 Å². The van der Waals surface area contributed by atoms with Gasteiger partial charge in [0.1, 0.15) is 18.5 Å². The van der Waals surface area contributed by atoms with Crippen LogP contribution in [0.3, 0.4) is 0 Å². The Morgan fingerprint density at radius 1 is 1.02 bits per heavy atom. The van der Waals surface area contributed by atoms with E-state index in [1.54, 1.807) is 24.1 Å². The zero-order chi connectivity index (χ0) is 28.4. The molecular formula is C29H32F3N3O5. The Morgan fingerprint density at radius 3 is 2.45 bits per heavy atom. The number of likely N-dealkylation sites (N-methyl/N-ethyl adjacent to an activating group) is 1. The molecule has 5 rings (SSSR count). The second kappa shape index (κ2) is 11.5. The van der Waals surface area contributed by atoms with Crippen molar-refractivity contribution < 1.29 is 37.0 Å². The first-order chi connectivity index (χ1) is 19.1. The molecule has 1 saturated carbocycles. The number of amides is 3. The van der Waals surface area contributed by atoms with Gasteiger partial charge in [-0.05, 0) is 68.1 Å². The van der Waals surface area contributed by atoms with Gasteiger partial charge in [0, 0.05) is 30.8 Å². The fourth-order valence-corrected chi connectivity index (χ4v) is 5.67. The number of hydrogen-bond acceptors (Lipinski definition) is 5. The number of rotatable bonds is 5. The highest BCUT2D eigenvalue weighted by Crippen LogP contribution is 2.33. The maximum Gasteiger partial charge on any atom is 0.416 e. The summed E-state index contributed by atoms with van der Waals surface area (Å²) in [5, 5.41) is 5.66. The van der Waals surface area contributed by atoms with Gasteiger partial charge in [-0.1, -0.05) is 12.8 Å². The van der Waals surface area contributed by atoms with Crippen LogP contribution in [0.4, 0.5) is 18.9 Å². The summed E-state index contributed by atoms with van der Waals surface area (Å²) in [7, 11) is 1.70. The predicted molar refractivity (Wildman–Crippen MR) is 140 cm³/mol. The van der Waals surface area contributed by atoms with Crippen LogP contribution in [0.2, 0.25) is 0 Å². The van der Waals surface area contributed by atoms with Gasteiger partial charge in [0.15, 0.2) is 0 Å². The molecule has 0 radical (unpaired) electrons. The third-order valence-corrected chi connectivity index (χ3v) is 7.97. The van der Waals surface area contributed by atoms with E-state index in [4.69, 9.17) is 9.47 Å². The first-order valence-corrected chi connectivity index (χ1v) is 13.6. The van der Waals surface area contributed by atoms with Crippen molar-refractivity contribution in [1.29, 1.82) is 0 Å². The Balaban J connectivity index is 1.23. The number of carbonyl (C=O) groups excluding carboxylic acids is 3. The van der Waals surface area contributed by atoms with E-state index in [-0.39, 0.29) is 53.7 Å². The summed E-state index contributed by atoms with van der Waals surface area (Å²) in [5.74, 6) is -0.395. The van der Waals surface area contributed by atoms with Gasteiger partial charge in [-0.25, -0.2) is 0 Å². The number of anilines is 1. The number of fused-ring (bicyclic) bond motifs is 2. The lowest BCUT2D eigenvalue weighted by Gasteiger charge is -2.42. The molecule has 1 aliphatic carbocycles. The van der Waals surface area contributed by atoms with Crippen LogP contribution >= 0.6 is 0 Å². The molecule has 0 aromatic heterocycles. The van der Waals surface area contributed by atoms with Crippen molar-refractivity contribution in [3.05, 3.63) is 59.2 Å². The minimum atomic E-state index is -4.49. The lowest BCUT2D eigenvalue weighted by atomic mass is 9.95. The zero-order valence-electron chi connectivity index (χ0n) is 22.1. The number of ether oxygens (including phenoxy) is 2. The summed E-state index contributed by atoms with van der Waals surface area (Å²) >= 11 is 0. The zero-order valence-corrected chi connectivity index (χ0v) is 22.1. The van der Waals surface area contributed by atoms with Gasteiger partial charge in [0.25, 0.3) is 11.8 Å². The molecule has 214 valence electrons. The van der Waals surface area contributed by atoms with Gasteiger partial charge in [0.2, 0.25) is 5.91 Å². The second-order valence-electron chi connectivity index (χ2n) is 10.6. The standard InChI is InChI=1S/C29H32F3N3O5/c1-35-23-12-11-21(15-33-26(36)17-4-2-3-5-17)40-25(23)16-39-24-13-10-20(14-22(24)28(35)38)34-27(37)18-6-8-19(9-7-18)29(30,31)32/h6-10,13-14,17,21,23,25H,2-5,11-12,15-16H2,1H3,(H,33,36)(H,34,37)/t21-,23-,25-/m0/s1. The Morgan fingerprint density at radius 2 is 1.75 bits per heavy atom. The van der Waals surface area contributed by atoms with Crippen LogP contribution in [0.15, 0.2) is 42.5 Å². The largest absolute Gasteiger partial charge is 0.490 e. The number of hydrogen-bond donors (Lipinski definition) is 2. The van der Waals surface area contributed by atoms with E-state index in [9.17, 15) is 27.6 Å². The molecule has 2 heterocycles. The molecule has 0 unspecified atom stereocenters. The van der Waals surface area contributed by atoms with Crippen LogP contribution in [0.1, 0.15) is 64.8 Å². The highest BCUT2D eigenvalue weighted by molar-refractivity contribution is 6.05. The number of alkyl halides is 3. The van der Waals surface area contributed by atoms with Crippen LogP contribution < -0.4 is 15.4 Å². The third-order valence-electron chi connectivity index (χ3n) is 7.97. The number of carbonyl (C=O) groups is 3. The van der Waals surface area contributed by atoms with Gasteiger partial charge in [-0.3, -0.25) is 14.4 Å². The smallest absolute Gasteiger partial charge is 0.416 e. The van der Waals surface area contributed by atoms with E-state index in [2.05, 4.69) is 10.6 Å². The Labute approximate surface area is 230 Å². The molecule has 2 N–H and O–H groups in total. The molecule has 8 nitrogen and oxygen atoms in total. The van der Waals surface area contributed by atoms with E-state index >= 15 is 0 Å². The molecule has 0 spiro atoms. The van der Waals surface area contributed by atoms with Crippen LogP contribution in [-0.4, -0.2) is 61.1 Å². The molecule has 2 aliphatic heterocycles. The number of benzene rings is 2. The van der Waals surface area contributed by atoms with Crippen molar-refractivity contribution in [1.82, 2.24) is 10.2 Å². The molecule has 2 aromatic rings. The van der Waals surface area contributed by atoms with Gasteiger partial charge >= 0.3 is 6.18 Å². The summed E-state index contributed by atoms with van der Waals surface area (Å²) in [6.45, 7) is 0.633. The minimum absolute atomic E-state index is 0.0515. The van der Waals surface area contributed by atoms with Crippen molar-refractivity contribution in [2.24, 2.45) is 5.92 Å². The average molecular weight is 560 g/mol. The summed E-state index contributed by atoms with van der Waals surface area (Å²) in [5.41, 5.74) is -0.224. The SMILES string of the molecule is CN1C(=O)c2cc(NC(=O)c3ccc(C(F)(F)F)cc3)ccc2OC[C@@H]2O[C@H](CNC(=O)C3CCCC3)CC[C@@H]21. The minimum Gasteiger partial charge on any atom is -0.490 e. The molecule has 2 fully saturated rings. The monoisotopic (exact) mass is 559 g/mol. The fourth-order valence-electron chi connectivity index (χ4n) is 5.67. The van der Waals surface area contributed by atoms with Gasteiger partial charge in [0.05, 0.1) is 23.3 Å². The lowest BCUT2D eigenvalue weighted by molar-refractivity contribution is -0.137. The Bertz CT molecular complexity index is 1260. The van der Waals surface area contributed by atoms with Crippen molar-refractivity contribution >= 4 is 23.4 Å². The van der Waals surface area contributed by atoms with Crippen LogP contribution in [-0.2, 0) is 15.7 Å². The third kappa shape index (κ3) is 6.09. The van der Waals surface area contributed by atoms with Crippen molar-refractivity contribution in [2.45, 2.75) is 63.0 Å².